The van der Waals surface area contributed by atoms with Crippen LogP contribution in [0.3, 0.4) is 0 Å². The molecule has 1 N–H and O–H groups in total. The van der Waals surface area contributed by atoms with E-state index < -0.39 is 34.5 Å². The summed E-state index contributed by atoms with van der Waals surface area (Å²) in [5.74, 6) is -1.14. The number of non-ortho nitro benzene ring substituents is 1. The smallest absolute Gasteiger partial charge is 0.339 e. The van der Waals surface area contributed by atoms with Crippen molar-refractivity contribution in [1.82, 2.24) is 4.90 Å². The number of rotatable bonds is 11. The molecule has 0 aliphatic carbocycles. The highest BCUT2D eigenvalue weighted by Crippen LogP contribution is 2.38. The van der Waals surface area contributed by atoms with Crippen molar-refractivity contribution in [2.75, 3.05) is 25.6 Å². The van der Waals surface area contributed by atoms with Gasteiger partial charge < -0.3 is 19.5 Å². The average molecular weight is 752 g/mol. The Kier molecular flexibility index (Phi) is 10.8. The molecule has 1 aliphatic rings. The Hall–Kier alpha value is -4.15. The number of imide groups is 1. The van der Waals surface area contributed by atoms with Crippen LogP contribution in [0.1, 0.15) is 28.4 Å². The van der Waals surface area contributed by atoms with E-state index in [1.165, 1.54) is 43.5 Å². The first-order valence-electron chi connectivity index (χ1n) is 12.8. The summed E-state index contributed by atoms with van der Waals surface area (Å²) in [6.45, 7) is 1.72. The number of hydrogen-bond acceptors (Lipinski definition) is 10. The zero-order valence-electron chi connectivity index (χ0n) is 23.1. The number of esters is 1. The number of amides is 3. The Labute approximate surface area is 274 Å². The maximum Gasteiger partial charge on any atom is 0.339 e. The Morgan fingerprint density at radius 1 is 1.11 bits per heavy atom. The Morgan fingerprint density at radius 3 is 2.50 bits per heavy atom. The van der Waals surface area contributed by atoms with Gasteiger partial charge in [0.15, 0.2) is 11.5 Å². The van der Waals surface area contributed by atoms with Crippen molar-refractivity contribution in [1.29, 1.82) is 0 Å². The fourth-order valence-corrected chi connectivity index (χ4v) is 5.76. The predicted octanol–water partition coefficient (Wildman–Crippen LogP) is 6.29. The van der Waals surface area contributed by atoms with Crippen LogP contribution < -0.4 is 14.8 Å². The van der Waals surface area contributed by atoms with Gasteiger partial charge in [0.2, 0.25) is 5.91 Å². The highest BCUT2D eigenvalue weighted by Gasteiger charge is 2.36. The van der Waals surface area contributed by atoms with Crippen LogP contribution in [0.15, 0.2) is 59.5 Å². The van der Waals surface area contributed by atoms with Crippen molar-refractivity contribution in [3.05, 3.63) is 94.9 Å². The normalized spacial score (nSPS) is 13.6. The second-order valence-corrected chi connectivity index (χ2v) is 11.5. The number of nitrogens with zero attached hydrogens (tertiary/aromatic N) is 2. The Morgan fingerprint density at radius 2 is 1.84 bits per heavy atom. The van der Waals surface area contributed by atoms with Crippen LogP contribution in [0, 0.1) is 13.7 Å². The van der Waals surface area contributed by atoms with Crippen LogP contribution >= 0.6 is 46.0 Å². The first kappa shape index (κ1) is 32.8. The van der Waals surface area contributed by atoms with Gasteiger partial charge in [-0.05, 0) is 101 Å². The van der Waals surface area contributed by atoms with Crippen LogP contribution in [-0.4, -0.2) is 53.1 Å². The summed E-state index contributed by atoms with van der Waals surface area (Å²) in [4.78, 5) is 61.6. The number of halogens is 2. The molecular formula is C29H23ClIN3O9S. The quantitative estimate of drug-likeness (QED) is 0.0777. The molecule has 4 rings (SSSR count). The van der Waals surface area contributed by atoms with Gasteiger partial charge in [-0.2, -0.15) is 0 Å². The summed E-state index contributed by atoms with van der Waals surface area (Å²) < 4.78 is 17.1. The number of nitrogens with one attached hydrogen (secondary N) is 1. The highest BCUT2D eigenvalue weighted by atomic mass is 127. The van der Waals surface area contributed by atoms with Gasteiger partial charge in [-0.15, -0.1) is 0 Å². The lowest BCUT2D eigenvalue weighted by molar-refractivity contribution is -0.384. The summed E-state index contributed by atoms with van der Waals surface area (Å²) >= 11 is 8.77. The van der Waals surface area contributed by atoms with E-state index in [1.807, 2.05) is 0 Å². The molecule has 3 aromatic carbocycles. The van der Waals surface area contributed by atoms with E-state index in [2.05, 4.69) is 32.6 Å². The molecule has 12 nitrogen and oxygen atoms in total. The second kappa shape index (κ2) is 14.5. The first-order valence-corrected chi connectivity index (χ1v) is 15.0. The lowest BCUT2D eigenvalue weighted by atomic mass is 10.1. The monoisotopic (exact) mass is 751 g/mol. The molecule has 1 fully saturated rings. The van der Waals surface area contributed by atoms with Crippen molar-refractivity contribution in [2.24, 2.45) is 0 Å². The molecule has 0 radical (unpaired) electrons. The number of carbonyl (C=O) groups excluding carboxylic acids is 4. The third-order valence-electron chi connectivity index (χ3n) is 5.99. The number of benzene rings is 3. The van der Waals surface area contributed by atoms with Crippen molar-refractivity contribution >= 4 is 86.4 Å². The third-order valence-corrected chi connectivity index (χ3v) is 8.03. The number of nitro benzene ring substituents is 1. The zero-order valence-corrected chi connectivity index (χ0v) is 26.9. The van der Waals surface area contributed by atoms with Crippen LogP contribution in [0.25, 0.3) is 6.08 Å². The van der Waals surface area contributed by atoms with Gasteiger partial charge in [-0.3, -0.25) is 29.4 Å². The predicted molar refractivity (Wildman–Crippen MR) is 172 cm³/mol. The fourth-order valence-electron chi connectivity index (χ4n) is 3.94. The fraction of sp³-hybridized carbons (Fsp3) is 0.172. The van der Waals surface area contributed by atoms with E-state index >= 15 is 0 Å². The molecule has 1 aliphatic heterocycles. The van der Waals surface area contributed by atoms with Crippen molar-refractivity contribution in [2.45, 2.75) is 13.5 Å². The topological polar surface area (TPSA) is 154 Å². The average Bonchev–Trinajstić information content (AvgIpc) is 3.24. The molecule has 0 spiro atoms. The van der Waals surface area contributed by atoms with E-state index in [1.54, 1.807) is 31.2 Å². The lowest BCUT2D eigenvalue weighted by Gasteiger charge is -2.15. The molecule has 228 valence electrons. The molecule has 0 atom stereocenters. The molecule has 3 amide bonds. The van der Waals surface area contributed by atoms with Crippen LogP contribution in [0.4, 0.5) is 16.2 Å². The van der Waals surface area contributed by atoms with E-state index in [4.69, 9.17) is 21.1 Å². The summed E-state index contributed by atoms with van der Waals surface area (Å²) in [5.41, 5.74) is 1.53. The maximum atomic E-state index is 13.1. The van der Waals surface area contributed by atoms with Gasteiger partial charge in [0.25, 0.3) is 16.8 Å². The molecular weight excluding hydrogens is 729 g/mol. The van der Waals surface area contributed by atoms with E-state index in [0.717, 1.165) is 10.5 Å². The summed E-state index contributed by atoms with van der Waals surface area (Å²) in [6.07, 6.45) is 1.52. The molecule has 0 unspecified atom stereocenters. The lowest BCUT2D eigenvalue weighted by Crippen LogP contribution is -2.36. The minimum atomic E-state index is -0.687. The number of hydrogen-bond donors (Lipinski definition) is 1. The van der Waals surface area contributed by atoms with Gasteiger partial charge >= 0.3 is 5.97 Å². The molecule has 1 saturated heterocycles. The van der Waals surface area contributed by atoms with Crippen molar-refractivity contribution < 1.29 is 38.3 Å². The van der Waals surface area contributed by atoms with Crippen LogP contribution in [0.5, 0.6) is 11.5 Å². The van der Waals surface area contributed by atoms with Gasteiger partial charge in [0.05, 0.1) is 37.7 Å². The number of nitro groups is 1. The molecule has 0 bridgehead atoms. The van der Waals surface area contributed by atoms with E-state index in [9.17, 15) is 29.3 Å². The van der Waals surface area contributed by atoms with Crippen molar-refractivity contribution in [3.8, 4) is 11.5 Å². The van der Waals surface area contributed by atoms with Gasteiger partial charge in [0.1, 0.15) is 13.2 Å². The number of ether oxygens (including phenoxy) is 3. The van der Waals surface area contributed by atoms with E-state index in [-0.39, 0.29) is 33.5 Å². The van der Waals surface area contributed by atoms with Crippen molar-refractivity contribution in [3.63, 3.8) is 0 Å². The molecule has 44 heavy (non-hydrogen) atoms. The van der Waals surface area contributed by atoms with Gasteiger partial charge in [-0.1, -0.05) is 11.6 Å². The van der Waals surface area contributed by atoms with Gasteiger partial charge in [-0.25, -0.2) is 4.79 Å². The summed E-state index contributed by atoms with van der Waals surface area (Å²) in [6, 6.07) is 13.6. The molecule has 0 saturated carbocycles. The van der Waals surface area contributed by atoms with Crippen LogP contribution in [0.2, 0.25) is 5.02 Å². The Balaban J connectivity index is 1.47. The second-order valence-electron chi connectivity index (χ2n) is 8.98. The highest BCUT2D eigenvalue weighted by molar-refractivity contribution is 14.1. The molecule has 15 heteroatoms. The SMILES string of the molecule is CCOc1cc(/C=C2/SC(=O)N(CC(=O)Nc3ccc(Cl)c(C(=O)OC)c3)C2=O)cc(I)c1OCc1ccc([N+](=O)[O-])cc1. The standard InChI is InChI=1S/C29H23ClIN3O9S/c1-3-42-23-11-17(10-22(31)26(23)43-15-16-4-7-19(8-5-16)34(39)40)12-24-27(36)33(29(38)44-24)14-25(35)32-18-6-9-21(30)20(13-18)28(37)41-2/h4-13H,3,14-15H2,1-2H3,(H,32,35)/b24-12+. The Bertz CT molecular complexity index is 1680. The minimum absolute atomic E-state index is 0.0245. The molecule has 3 aromatic rings. The van der Waals surface area contributed by atoms with Crippen LogP contribution in [-0.2, 0) is 20.9 Å². The zero-order chi connectivity index (χ0) is 32.0. The number of carbonyl (C=O) groups is 4. The number of anilines is 1. The number of methoxy groups -OCH3 is 1. The first-order chi connectivity index (χ1) is 21.0. The molecule has 1 heterocycles. The maximum absolute atomic E-state index is 13.1. The summed E-state index contributed by atoms with van der Waals surface area (Å²) in [7, 11) is 1.20. The largest absolute Gasteiger partial charge is 0.490 e. The third kappa shape index (κ3) is 7.86. The number of thioether (sulfide) groups is 1. The van der Waals surface area contributed by atoms with E-state index in [0.29, 0.717) is 39.0 Å². The molecule has 0 aromatic heterocycles. The van der Waals surface area contributed by atoms with Gasteiger partial charge in [0, 0.05) is 17.8 Å². The summed E-state index contributed by atoms with van der Waals surface area (Å²) in [5, 5.41) is 13.0. The minimum Gasteiger partial charge on any atom is -0.490 e.